The molecule has 0 aromatic heterocycles. The number of aliphatic imine (C=N–C) groups is 1. The van der Waals surface area contributed by atoms with Crippen LogP contribution < -0.4 is 5.32 Å². The van der Waals surface area contributed by atoms with E-state index in [1.54, 1.807) is 40.9 Å². The summed E-state index contributed by atoms with van der Waals surface area (Å²) in [7, 11) is 0. The van der Waals surface area contributed by atoms with Gasteiger partial charge in [0.15, 0.2) is 0 Å². The van der Waals surface area contributed by atoms with Gasteiger partial charge in [-0.25, -0.2) is 0 Å². The van der Waals surface area contributed by atoms with Gasteiger partial charge in [-0.15, -0.1) is 0 Å². The van der Waals surface area contributed by atoms with Crippen molar-refractivity contribution in [2.75, 3.05) is 36.5 Å². The first-order valence-electron chi connectivity index (χ1n) is 7.63. The van der Waals surface area contributed by atoms with Gasteiger partial charge in [0.1, 0.15) is 4.38 Å². The number of nitrogens with one attached hydrogen (secondary N) is 1. The third kappa shape index (κ3) is 5.28. The number of hydrogen-bond acceptors (Lipinski definition) is 5. The molecule has 2 amide bonds. The molecule has 0 spiro atoms. The summed E-state index contributed by atoms with van der Waals surface area (Å²) in [6.07, 6.45) is 0. The summed E-state index contributed by atoms with van der Waals surface area (Å²) in [5.74, 6) is 1.31. The Balaban J connectivity index is 1.86. The van der Waals surface area contributed by atoms with Crippen LogP contribution in [0.25, 0.3) is 0 Å². The molecule has 0 atom stereocenters. The third-order valence-electron chi connectivity index (χ3n) is 3.35. The van der Waals surface area contributed by atoms with Crippen molar-refractivity contribution < 1.29 is 9.59 Å². The van der Waals surface area contributed by atoms with Crippen LogP contribution in [0.2, 0.25) is 0 Å². The SMILES string of the molecule is CCN(CC)C(=O)c1ccc(NC(=O)CSC2=NCCS2)cc1. The molecule has 1 aliphatic heterocycles. The van der Waals surface area contributed by atoms with E-state index < -0.39 is 0 Å². The van der Waals surface area contributed by atoms with Crippen LogP contribution in [0.15, 0.2) is 29.3 Å². The van der Waals surface area contributed by atoms with Gasteiger partial charge in [0.2, 0.25) is 5.91 Å². The van der Waals surface area contributed by atoms with E-state index in [1.807, 2.05) is 13.8 Å². The number of amides is 2. The lowest BCUT2D eigenvalue weighted by molar-refractivity contribution is -0.113. The first-order chi connectivity index (χ1) is 11.1. The lowest BCUT2D eigenvalue weighted by atomic mass is 10.2. The van der Waals surface area contributed by atoms with E-state index in [9.17, 15) is 9.59 Å². The smallest absolute Gasteiger partial charge is 0.253 e. The minimum Gasteiger partial charge on any atom is -0.339 e. The summed E-state index contributed by atoms with van der Waals surface area (Å²) in [6, 6.07) is 7.03. The number of rotatable bonds is 6. The highest BCUT2D eigenvalue weighted by atomic mass is 32.2. The van der Waals surface area contributed by atoms with E-state index >= 15 is 0 Å². The number of carbonyl (C=O) groups is 2. The van der Waals surface area contributed by atoms with Crippen molar-refractivity contribution >= 4 is 45.4 Å². The maximum Gasteiger partial charge on any atom is 0.253 e. The normalized spacial score (nSPS) is 13.6. The zero-order valence-corrected chi connectivity index (χ0v) is 15.0. The van der Waals surface area contributed by atoms with Crippen LogP contribution in [0, 0.1) is 0 Å². The minimum absolute atomic E-state index is 0.0136. The maximum atomic E-state index is 12.2. The number of hydrogen-bond donors (Lipinski definition) is 1. The number of nitrogens with zero attached hydrogens (tertiary/aromatic N) is 2. The average Bonchev–Trinajstić information content (AvgIpc) is 3.08. The maximum absolute atomic E-state index is 12.2. The summed E-state index contributed by atoms with van der Waals surface area (Å²) in [5, 5.41) is 2.84. The molecule has 0 saturated heterocycles. The molecule has 0 bridgehead atoms. The third-order valence-corrected chi connectivity index (χ3v) is 5.60. The van der Waals surface area contributed by atoms with Gasteiger partial charge in [0.05, 0.1) is 12.3 Å². The molecule has 0 fully saturated rings. The molecule has 7 heteroatoms. The Morgan fingerprint density at radius 2 is 1.96 bits per heavy atom. The molecule has 0 unspecified atom stereocenters. The average molecular weight is 351 g/mol. The zero-order valence-electron chi connectivity index (χ0n) is 13.4. The van der Waals surface area contributed by atoms with E-state index in [0.29, 0.717) is 30.1 Å². The molecule has 124 valence electrons. The van der Waals surface area contributed by atoms with Crippen molar-refractivity contribution in [3.63, 3.8) is 0 Å². The zero-order chi connectivity index (χ0) is 16.7. The number of carbonyl (C=O) groups excluding carboxylic acids is 2. The molecule has 1 aromatic carbocycles. The lowest BCUT2D eigenvalue weighted by Gasteiger charge is -2.18. The predicted molar refractivity (Wildman–Crippen MR) is 99.5 cm³/mol. The van der Waals surface area contributed by atoms with E-state index in [0.717, 1.165) is 16.7 Å². The van der Waals surface area contributed by atoms with E-state index in [1.165, 1.54) is 11.8 Å². The first kappa shape index (κ1) is 17.9. The first-order valence-corrected chi connectivity index (χ1v) is 9.60. The summed E-state index contributed by atoms with van der Waals surface area (Å²) in [5.41, 5.74) is 1.34. The Hall–Kier alpha value is -1.47. The van der Waals surface area contributed by atoms with Gasteiger partial charge in [-0.05, 0) is 38.1 Å². The van der Waals surface area contributed by atoms with Crippen LogP contribution in [0.3, 0.4) is 0 Å². The monoisotopic (exact) mass is 351 g/mol. The second-order valence-electron chi connectivity index (χ2n) is 4.89. The van der Waals surface area contributed by atoms with Crippen LogP contribution in [-0.2, 0) is 4.79 Å². The van der Waals surface area contributed by atoms with Crippen molar-refractivity contribution in [1.82, 2.24) is 4.90 Å². The molecule has 23 heavy (non-hydrogen) atoms. The minimum atomic E-state index is -0.0620. The quantitative estimate of drug-likeness (QED) is 0.856. The summed E-state index contributed by atoms with van der Waals surface area (Å²) < 4.78 is 0.986. The van der Waals surface area contributed by atoms with Crippen LogP contribution in [0.4, 0.5) is 5.69 Å². The molecular weight excluding hydrogens is 330 g/mol. The topological polar surface area (TPSA) is 61.8 Å². The van der Waals surface area contributed by atoms with Crippen LogP contribution in [0.5, 0.6) is 0 Å². The van der Waals surface area contributed by atoms with Crippen molar-refractivity contribution in [2.45, 2.75) is 13.8 Å². The second-order valence-corrected chi connectivity index (χ2v) is 7.19. The fraction of sp³-hybridized carbons (Fsp3) is 0.438. The van der Waals surface area contributed by atoms with Crippen molar-refractivity contribution in [1.29, 1.82) is 0 Å². The molecule has 0 aliphatic carbocycles. The van der Waals surface area contributed by atoms with E-state index in [2.05, 4.69) is 10.3 Å². The van der Waals surface area contributed by atoms with Crippen LogP contribution in [-0.4, -0.2) is 52.2 Å². The molecule has 1 aromatic rings. The Bertz CT molecular complexity index is 583. The fourth-order valence-electron chi connectivity index (χ4n) is 2.12. The molecule has 0 radical (unpaired) electrons. The van der Waals surface area contributed by atoms with Crippen molar-refractivity contribution in [3.05, 3.63) is 29.8 Å². The Morgan fingerprint density at radius 3 is 2.52 bits per heavy atom. The molecule has 5 nitrogen and oxygen atoms in total. The largest absolute Gasteiger partial charge is 0.339 e. The fourth-order valence-corrected chi connectivity index (χ4v) is 3.93. The Kier molecular flexibility index (Phi) is 6.98. The summed E-state index contributed by atoms with van der Waals surface area (Å²) in [6.45, 7) is 6.14. The van der Waals surface area contributed by atoms with Crippen molar-refractivity contribution in [2.24, 2.45) is 4.99 Å². The summed E-state index contributed by atoms with van der Waals surface area (Å²) in [4.78, 5) is 30.2. The summed E-state index contributed by atoms with van der Waals surface area (Å²) >= 11 is 3.16. The van der Waals surface area contributed by atoms with Gasteiger partial charge in [-0.1, -0.05) is 23.5 Å². The second kappa shape index (κ2) is 8.98. The van der Waals surface area contributed by atoms with Crippen molar-refractivity contribution in [3.8, 4) is 0 Å². The molecule has 0 saturated carbocycles. The van der Waals surface area contributed by atoms with Crippen LogP contribution >= 0.6 is 23.5 Å². The van der Waals surface area contributed by atoms with E-state index in [4.69, 9.17) is 0 Å². The molecule has 1 heterocycles. The predicted octanol–water partition coefficient (Wildman–Crippen LogP) is 2.94. The van der Waals surface area contributed by atoms with E-state index in [-0.39, 0.29) is 11.8 Å². The van der Waals surface area contributed by atoms with Gasteiger partial charge >= 0.3 is 0 Å². The standard InChI is InChI=1S/C16H21N3O2S2/c1-3-19(4-2)15(21)12-5-7-13(8-6-12)18-14(20)11-23-16-17-9-10-22-16/h5-8H,3-4,9-11H2,1-2H3,(H,18,20). The van der Waals surface area contributed by atoms with Gasteiger partial charge in [-0.2, -0.15) is 0 Å². The van der Waals surface area contributed by atoms with Gasteiger partial charge < -0.3 is 10.2 Å². The number of benzene rings is 1. The highest BCUT2D eigenvalue weighted by molar-refractivity contribution is 8.39. The highest BCUT2D eigenvalue weighted by Crippen LogP contribution is 2.22. The Labute approximate surface area is 145 Å². The molecule has 1 N–H and O–H groups in total. The number of anilines is 1. The van der Waals surface area contributed by atoms with Gasteiger partial charge in [-0.3, -0.25) is 14.6 Å². The lowest BCUT2D eigenvalue weighted by Crippen LogP contribution is -2.30. The molecule has 2 rings (SSSR count). The molecular formula is C16H21N3O2S2. The van der Waals surface area contributed by atoms with Gasteiger partial charge in [0, 0.05) is 30.1 Å². The Morgan fingerprint density at radius 1 is 1.26 bits per heavy atom. The highest BCUT2D eigenvalue weighted by Gasteiger charge is 2.13. The number of thioether (sulfide) groups is 2. The molecule has 1 aliphatic rings. The van der Waals surface area contributed by atoms with Gasteiger partial charge in [0.25, 0.3) is 5.91 Å². The van der Waals surface area contributed by atoms with Crippen LogP contribution in [0.1, 0.15) is 24.2 Å².